The molecule has 0 aromatic rings. The van der Waals surface area contributed by atoms with E-state index in [1.807, 2.05) is 4.90 Å². The van der Waals surface area contributed by atoms with Gasteiger partial charge in [0.15, 0.2) is 0 Å². The molecule has 1 aliphatic carbocycles. The highest BCUT2D eigenvalue weighted by Gasteiger charge is 2.46. The second-order valence-electron chi connectivity index (χ2n) is 5.10. The van der Waals surface area contributed by atoms with Crippen molar-refractivity contribution in [2.24, 2.45) is 0 Å². The second-order valence-corrected chi connectivity index (χ2v) is 5.10. The third-order valence-electron chi connectivity index (χ3n) is 3.06. The third kappa shape index (κ3) is 1.30. The fourth-order valence-electron chi connectivity index (χ4n) is 2.60. The van der Waals surface area contributed by atoms with E-state index in [0.717, 1.165) is 6.42 Å². The summed E-state index contributed by atoms with van der Waals surface area (Å²) in [6, 6.07) is 1.00. The smallest absolute Gasteiger partial charge is 0.318 e. The summed E-state index contributed by atoms with van der Waals surface area (Å²) in [6.07, 6.45) is 3.58. The van der Waals surface area contributed by atoms with Crippen LogP contribution >= 0.6 is 0 Å². The average Bonchev–Trinajstić information content (AvgIpc) is 2.41. The number of hydrogen-bond donors (Lipinski definition) is 1. The molecule has 1 saturated heterocycles. The fourth-order valence-corrected chi connectivity index (χ4v) is 2.60. The highest BCUT2D eigenvalue weighted by molar-refractivity contribution is 5.78. The minimum absolute atomic E-state index is 0.0339. The van der Waals surface area contributed by atoms with E-state index >= 15 is 0 Å². The highest BCUT2D eigenvalue weighted by Crippen LogP contribution is 2.33. The van der Waals surface area contributed by atoms with Crippen molar-refractivity contribution in [1.29, 1.82) is 0 Å². The van der Waals surface area contributed by atoms with Gasteiger partial charge in [-0.15, -0.1) is 0 Å². The summed E-state index contributed by atoms with van der Waals surface area (Å²) in [5, 5.41) is 3.06. The number of nitrogens with one attached hydrogen (secondary N) is 1. The van der Waals surface area contributed by atoms with Crippen LogP contribution in [0.15, 0.2) is 0 Å². The maximum absolute atomic E-state index is 11.6. The molecule has 2 fully saturated rings. The van der Waals surface area contributed by atoms with Gasteiger partial charge in [-0.25, -0.2) is 4.79 Å². The van der Waals surface area contributed by atoms with Crippen LogP contribution in [0, 0.1) is 0 Å². The van der Waals surface area contributed by atoms with Crippen molar-refractivity contribution in [3.8, 4) is 0 Å². The van der Waals surface area contributed by atoms with Crippen LogP contribution in [0.25, 0.3) is 0 Å². The Hall–Kier alpha value is -0.730. The SMILES string of the molecule is CC(C)(C)N1C(=O)NC2CCCC21. The number of carbonyl (C=O) groups is 1. The van der Waals surface area contributed by atoms with Gasteiger partial charge in [0.25, 0.3) is 0 Å². The van der Waals surface area contributed by atoms with Gasteiger partial charge in [-0.1, -0.05) is 0 Å². The Labute approximate surface area is 79.5 Å². The third-order valence-corrected chi connectivity index (χ3v) is 3.06. The van der Waals surface area contributed by atoms with E-state index < -0.39 is 0 Å². The first-order valence-electron chi connectivity index (χ1n) is 5.10. The molecule has 1 aliphatic heterocycles. The molecule has 1 saturated carbocycles. The summed E-state index contributed by atoms with van der Waals surface area (Å²) < 4.78 is 0. The summed E-state index contributed by atoms with van der Waals surface area (Å²) >= 11 is 0. The van der Waals surface area contributed by atoms with Crippen LogP contribution in [0.4, 0.5) is 4.79 Å². The van der Waals surface area contributed by atoms with Crippen LogP contribution in [0.2, 0.25) is 0 Å². The molecule has 0 aromatic heterocycles. The molecule has 3 heteroatoms. The fraction of sp³-hybridized carbons (Fsp3) is 0.900. The van der Waals surface area contributed by atoms with Crippen molar-refractivity contribution in [2.45, 2.75) is 57.7 Å². The lowest BCUT2D eigenvalue weighted by Crippen LogP contribution is -2.47. The Morgan fingerprint density at radius 3 is 2.69 bits per heavy atom. The maximum Gasteiger partial charge on any atom is 0.318 e. The van der Waals surface area contributed by atoms with Crippen molar-refractivity contribution in [3.05, 3.63) is 0 Å². The standard InChI is InChI=1S/C10H18N2O/c1-10(2,3)12-8-6-4-5-7(8)11-9(12)13/h7-8H,4-6H2,1-3H3,(H,11,13). The van der Waals surface area contributed by atoms with Gasteiger partial charge < -0.3 is 10.2 Å². The van der Waals surface area contributed by atoms with E-state index in [1.165, 1.54) is 12.8 Å². The Morgan fingerprint density at radius 2 is 2.08 bits per heavy atom. The molecule has 0 aromatic carbocycles. The predicted molar refractivity (Wildman–Crippen MR) is 51.6 cm³/mol. The highest BCUT2D eigenvalue weighted by atomic mass is 16.2. The van der Waals surface area contributed by atoms with Crippen molar-refractivity contribution < 1.29 is 4.79 Å². The van der Waals surface area contributed by atoms with E-state index in [1.54, 1.807) is 0 Å². The van der Waals surface area contributed by atoms with Gasteiger partial charge in [-0.3, -0.25) is 0 Å². The number of urea groups is 1. The molecule has 2 atom stereocenters. The predicted octanol–water partition coefficient (Wildman–Crippen LogP) is 1.73. The molecule has 13 heavy (non-hydrogen) atoms. The molecule has 1 N–H and O–H groups in total. The summed E-state index contributed by atoms with van der Waals surface area (Å²) in [5.41, 5.74) is -0.0339. The molecule has 0 bridgehead atoms. The first kappa shape index (κ1) is 8.85. The van der Waals surface area contributed by atoms with E-state index in [2.05, 4.69) is 26.1 Å². The quantitative estimate of drug-likeness (QED) is 0.608. The molecular formula is C10H18N2O. The van der Waals surface area contributed by atoms with Crippen LogP contribution < -0.4 is 5.32 Å². The molecule has 0 spiro atoms. The van der Waals surface area contributed by atoms with Crippen molar-refractivity contribution in [1.82, 2.24) is 10.2 Å². The molecule has 2 rings (SSSR count). The van der Waals surface area contributed by atoms with E-state index in [-0.39, 0.29) is 11.6 Å². The molecule has 2 unspecified atom stereocenters. The topological polar surface area (TPSA) is 32.3 Å². The zero-order valence-electron chi connectivity index (χ0n) is 8.63. The van der Waals surface area contributed by atoms with Crippen molar-refractivity contribution in [2.75, 3.05) is 0 Å². The summed E-state index contributed by atoms with van der Waals surface area (Å²) in [5.74, 6) is 0. The van der Waals surface area contributed by atoms with Crippen molar-refractivity contribution in [3.63, 3.8) is 0 Å². The van der Waals surface area contributed by atoms with Gasteiger partial charge >= 0.3 is 6.03 Å². The number of fused-ring (bicyclic) bond motifs is 1. The normalized spacial score (nSPS) is 33.5. The van der Waals surface area contributed by atoms with Crippen LogP contribution in [0.1, 0.15) is 40.0 Å². The average molecular weight is 182 g/mol. The summed E-state index contributed by atoms with van der Waals surface area (Å²) in [6.45, 7) is 6.31. The molecule has 3 nitrogen and oxygen atoms in total. The van der Waals surface area contributed by atoms with Gasteiger partial charge in [0, 0.05) is 5.54 Å². The molecule has 74 valence electrons. The zero-order chi connectivity index (χ0) is 9.64. The van der Waals surface area contributed by atoms with Gasteiger partial charge in [0.05, 0.1) is 12.1 Å². The lowest BCUT2D eigenvalue weighted by Gasteiger charge is -2.35. The Morgan fingerprint density at radius 1 is 1.38 bits per heavy atom. The van der Waals surface area contributed by atoms with E-state index in [4.69, 9.17) is 0 Å². The van der Waals surface area contributed by atoms with Gasteiger partial charge in [0.1, 0.15) is 0 Å². The van der Waals surface area contributed by atoms with Crippen LogP contribution in [-0.2, 0) is 0 Å². The Kier molecular flexibility index (Phi) is 1.79. The molecule has 0 radical (unpaired) electrons. The largest absolute Gasteiger partial charge is 0.333 e. The number of rotatable bonds is 0. The van der Waals surface area contributed by atoms with Crippen LogP contribution in [0.3, 0.4) is 0 Å². The lowest BCUT2D eigenvalue weighted by atomic mass is 10.0. The molecule has 1 heterocycles. The number of nitrogens with zero attached hydrogens (tertiary/aromatic N) is 1. The minimum Gasteiger partial charge on any atom is -0.333 e. The summed E-state index contributed by atoms with van der Waals surface area (Å²) in [7, 11) is 0. The van der Waals surface area contributed by atoms with Crippen LogP contribution in [-0.4, -0.2) is 28.6 Å². The number of amides is 2. The lowest BCUT2D eigenvalue weighted by molar-refractivity contribution is 0.138. The Balaban J connectivity index is 2.22. The van der Waals surface area contributed by atoms with Crippen molar-refractivity contribution >= 4 is 6.03 Å². The maximum atomic E-state index is 11.6. The zero-order valence-corrected chi connectivity index (χ0v) is 8.63. The first-order chi connectivity index (χ1) is 6.00. The van der Waals surface area contributed by atoms with Gasteiger partial charge in [0.2, 0.25) is 0 Å². The number of carbonyl (C=O) groups excluding carboxylic acids is 1. The molecule has 2 amide bonds. The second kappa shape index (κ2) is 2.63. The monoisotopic (exact) mass is 182 g/mol. The number of hydrogen-bond acceptors (Lipinski definition) is 1. The van der Waals surface area contributed by atoms with Gasteiger partial charge in [-0.05, 0) is 40.0 Å². The van der Waals surface area contributed by atoms with Gasteiger partial charge in [-0.2, -0.15) is 0 Å². The first-order valence-corrected chi connectivity index (χ1v) is 5.10. The van der Waals surface area contributed by atoms with E-state index in [9.17, 15) is 4.79 Å². The summed E-state index contributed by atoms with van der Waals surface area (Å²) in [4.78, 5) is 13.7. The molecular weight excluding hydrogens is 164 g/mol. The van der Waals surface area contributed by atoms with Crippen LogP contribution in [0.5, 0.6) is 0 Å². The Bertz CT molecular complexity index is 232. The van der Waals surface area contributed by atoms with E-state index in [0.29, 0.717) is 12.1 Å². The molecule has 2 aliphatic rings. The minimum atomic E-state index is -0.0339.